The van der Waals surface area contributed by atoms with Crippen molar-refractivity contribution in [2.45, 2.75) is 19.7 Å². The van der Waals surface area contributed by atoms with Crippen molar-refractivity contribution in [3.05, 3.63) is 60.7 Å². The second-order valence-electron chi connectivity index (χ2n) is 3.94. The third kappa shape index (κ3) is 5.46. The Morgan fingerprint density at radius 3 is 2.21 bits per heavy atom. The van der Waals surface area contributed by atoms with E-state index < -0.39 is 6.36 Å². The minimum Gasteiger partial charge on any atom is -0.406 e. The number of benzene rings is 1. The van der Waals surface area contributed by atoms with Gasteiger partial charge >= 0.3 is 6.36 Å². The number of halogens is 3. The van der Waals surface area contributed by atoms with Gasteiger partial charge in [0.05, 0.1) is 0 Å². The first-order valence-corrected chi connectivity index (χ1v) is 5.73. The molecule has 0 atom stereocenters. The van der Waals surface area contributed by atoms with Crippen molar-refractivity contribution < 1.29 is 17.9 Å². The zero-order valence-corrected chi connectivity index (χ0v) is 10.6. The molecule has 19 heavy (non-hydrogen) atoms. The van der Waals surface area contributed by atoms with Gasteiger partial charge in [-0.25, -0.2) is 0 Å². The Kier molecular flexibility index (Phi) is 4.98. The summed E-state index contributed by atoms with van der Waals surface area (Å²) in [6.07, 6.45) is -0.215. The van der Waals surface area contributed by atoms with E-state index in [2.05, 4.69) is 17.9 Å². The molecule has 0 bridgehead atoms. The Hall–Kier alpha value is -1.97. The molecule has 0 saturated heterocycles. The van der Waals surface area contributed by atoms with Crippen LogP contribution in [0.5, 0.6) is 5.75 Å². The van der Waals surface area contributed by atoms with Gasteiger partial charge in [-0.05, 0) is 29.7 Å². The van der Waals surface area contributed by atoms with Gasteiger partial charge in [-0.1, -0.05) is 49.9 Å². The zero-order valence-electron chi connectivity index (χ0n) is 10.6. The maximum atomic E-state index is 12.0. The topological polar surface area (TPSA) is 9.23 Å². The standard InChI is InChI=1S/C15H15F3O/c1-4-11(2)5-6-12(3)13-7-9-14(10-8-13)19-15(16,17)18/h5-10H,2-4H2,1H3/b6-5-. The van der Waals surface area contributed by atoms with E-state index in [1.165, 1.54) is 24.3 Å². The average Bonchev–Trinajstić information content (AvgIpc) is 2.34. The first kappa shape index (κ1) is 15.1. The van der Waals surface area contributed by atoms with Crippen LogP contribution in [0.2, 0.25) is 0 Å². The smallest absolute Gasteiger partial charge is 0.406 e. The van der Waals surface area contributed by atoms with Crippen LogP contribution in [-0.2, 0) is 0 Å². The van der Waals surface area contributed by atoms with Crippen molar-refractivity contribution in [1.82, 2.24) is 0 Å². The van der Waals surface area contributed by atoms with Crippen LogP contribution in [-0.4, -0.2) is 6.36 Å². The molecule has 0 fully saturated rings. The first-order valence-electron chi connectivity index (χ1n) is 5.73. The van der Waals surface area contributed by atoms with E-state index in [1.54, 1.807) is 6.08 Å². The molecule has 0 aliphatic carbocycles. The fourth-order valence-electron chi connectivity index (χ4n) is 1.30. The fraction of sp³-hybridized carbons (Fsp3) is 0.200. The monoisotopic (exact) mass is 268 g/mol. The summed E-state index contributed by atoms with van der Waals surface area (Å²) in [5, 5.41) is 0. The van der Waals surface area contributed by atoms with Gasteiger partial charge in [0, 0.05) is 0 Å². The van der Waals surface area contributed by atoms with Crippen LogP contribution < -0.4 is 4.74 Å². The number of ether oxygens (including phenoxy) is 1. The SMILES string of the molecule is C=C(/C=C\C(=C)c1ccc(OC(F)(F)F)cc1)CC. The van der Waals surface area contributed by atoms with Gasteiger partial charge in [0.2, 0.25) is 0 Å². The van der Waals surface area contributed by atoms with Crippen molar-refractivity contribution in [2.75, 3.05) is 0 Å². The number of rotatable bonds is 5. The molecule has 1 aromatic rings. The molecule has 0 saturated carbocycles. The maximum Gasteiger partial charge on any atom is 0.573 e. The van der Waals surface area contributed by atoms with Crippen LogP contribution in [0.25, 0.3) is 5.57 Å². The van der Waals surface area contributed by atoms with E-state index in [-0.39, 0.29) is 5.75 Å². The summed E-state index contributed by atoms with van der Waals surface area (Å²) < 4.78 is 39.8. The Morgan fingerprint density at radius 2 is 1.74 bits per heavy atom. The van der Waals surface area contributed by atoms with Gasteiger partial charge < -0.3 is 4.74 Å². The van der Waals surface area contributed by atoms with Gasteiger partial charge in [-0.15, -0.1) is 13.2 Å². The fourth-order valence-corrected chi connectivity index (χ4v) is 1.30. The molecule has 0 N–H and O–H groups in total. The molecular formula is C15H15F3O. The Balaban J connectivity index is 2.73. The summed E-state index contributed by atoms with van der Waals surface area (Å²) in [5.74, 6) is -0.244. The highest BCUT2D eigenvalue weighted by Crippen LogP contribution is 2.24. The van der Waals surface area contributed by atoms with E-state index >= 15 is 0 Å². The first-order chi connectivity index (χ1) is 8.81. The van der Waals surface area contributed by atoms with Crippen LogP contribution in [0, 0.1) is 0 Å². The van der Waals surface area contributed by atoms with Gasteiger partial charge in [-0.2, -0.15) is 0 Å². The Labute approximate surface area is 110 Å². The van der Waals surface area contributed by atoms with Crippen LogP contribution >= 0.6 is 0 Å². The van der Waals surface area contributed by atoms with Crippen LogP contribution in [0.4, 0.5) is 13.2 Å². The summed E-state index contributed by atoms with van der Waals surface area (Å²) >= 11 is 0. The van der Waals surface area contributed by atoms with Crippen LogP contribution in [0.1, 0.15) is 18.9 Å². The van der Waals surface area contributed by atoms with Gasteiger partial charge in [0.1, 0.15) is 5.75 Å². The number of hydrogen-bond donors (Lipinski definition) is 0. The zero-order chi connectivity index (χ0) is 14.5. The number of hydrogen-bond acceptors (Lipinski definition) is 1. The minimum atomic E-state index is -4.67. The molecule has 0 aromatic heterocycles. The molecule has 0 unspecified atom stereocenters. The molecule has 0 heterocycles. The average molecular weight is 268 g/mol. The van der Waals surface area contributed by atoms with E-state index in [0.29, 0.717) is 5.57 Å². The summed E-state index contributed by atoms with van der Waals surface area (Å²) in [6.45, 7) is 9.65. The lowest BCUT2D eigenvalue weighted by molar-refractivity contribution is -0.274. The Bertz CT molecular complexity index is 481. The van der Waals surface area contributed by atoms with E-state index in [4.69, 9.17) is 0 Å². The lowest BCUT2D eigenvalue weighted by Crippen LogP contribution is -2.16. The lowest BCUT2D eigenvalue weighted by atomic mass is 10.1. The summed E-state index contributed by atoms with van der Waals surface area (Å²) in [6, 6.07) is 5.58. The predicted molar refractivity (Wildman–Crippen MR) is 70.7 cm³/mol. The number of alkyl halides is 3. The molecule has 0 amide bonds. The molecule has 1 aromatic carbocycles. The molecule has 0 aliphatic rings. The molecule has 0 radical (unpaired) electrons. The third-order valence-corrected chi connectivity index (χ3v) is 2.43. The minimum absolute atomic E-state index is 0.244. The van der Waals surface area contributed by atoms with Crippen molar-refractivity contribution >= 4 is 5.57 Å². The third-order valence-electron chi connectivity index (χ3n) is 2.43. The molecule has 1 nitrogen and oxygen atoms in total. The molecule has 0 aliphatic heterocycles. The van der Waals surface area contributed by atoms with Crippen molar-refractivity contribution in [3.63, 3.8) is 0 Å². The van der Waals surface area contributed by atoms with Crippen molar-refractivity contribution in [3.8, 4) is 5.75 Å². The number of allylic oxidation sites excluding steroid dienone is 4. The Morgan fingerprint density at radius 1 is 1.16 bits per heavy atom. The normalized spacial score (nSPS) is 11.6. The second-order valence-corrected chi connectivity index (χ2v) is 3.94. The molecule has 102 valence electrons. The highest BCUT2D eigenvalue weighted by atomic mass is 19.4. The van der Waals surface area contributed by atoms with E-state index in [1.807, 2.05) is 13.0 Å². The predicted octanol–water partition coefficient (Wildman–Crippen LogP) is 5.12. The van der Waals surface area contributed by atoms with Gasteiger partial charge in [-0.3, -0.25) is 0 Å². The molecule has 4 heteroatoms. The van der Waals surface area contributed by atoms with Crippen LogP contribution in [0.15, 0.2) is 55.1 Å². The highest BCUT2D eigenvalue weighted by Gasteiger charge is 2.30. The largest absolute Gasteiger partial charge is 0.573 e. The van der Waals surface area contributed by atoms with Crippen molar-refractivity contribution in [1.29, 1.82) is 0 Å². The van der Waals surface area contributed by atoms with E-state index in [0.717, 1.165) is 17.6 Å². The van der Waals surface area contributed by atoms with Crippen LogP contribution in [0.3, 0.4) is 0 Å². The molecular weight excluding hydrogens is 253 g/mol. The highest BCUT2D eigenvalue weighted by molar-refractivity contribution is 5.72. The van der Waals surface area contributed by atoms with Gasteiger partial charge in [0.15, 0.2) is 0 Å². The quantitative estimate of drug-likeness (QED) is 0.673. The van der Waals surface area contributed by atoms with Crippen molar-refractivity contribution in [2.24, 2.45) is 0 Å². The molecule has 0 spiro atoms. The summed E-state index contributed by atoms with van der Waals surface area (Å²) in [7, 11) is 0. The second kappa shape index (κ2) is 6.27. The van der Waals surface area contributed by atoms with Gasteiger partial charge in [0.25, 0.3) is 0 Å². The lowest BCUT2D eigenvalue weighted by Gasteiger charge is -2.09. The maximum absolute atomic E-state index is 12.0. The molecule has 1 rings (SSSR count). The summed E-state index contributed by atoms with van der Waals surface area (Å²) in [5.41, 5.74) is 2.39. The van der Waals surface area contributed by atoms with E-state index in [9.17, 15) is 13.2 Å². The summed E-state index contributed by atoms with van der Waals surface area (Å²) in [4.78, 5) is 0.